The van der Waals surface area contributed by atoms with Gasteiger partial charge in [0.25, 0.3) is 5.91 Å². The van der Waals surface area contributed by atoms with Crippen molar-refractivity contribution in [2.24, 2.45) is 0 Å². The van der Waals surface area contributed by atoms with Gasteiger partial charge in [0.15, 0.2) is 23.0 Å². The van der Waals surface area contributed by atoms with Gasteiger partial charge in [0.2, 0.25) is 0 Å². The molecule has 0 radical (unpaired) electrons. The smallest absolute Gasteiger partial charge is 0.255 e. The lowest BCUT2D eigenvalue weighted by atomic mass is 10.1. The summed E-state index contributed by atoms with van der Waals surface area (Å²) in [5.41, 5.74) is 1.18. The number of methoxy groups -OCH3 is 2. The summed E-state index contributed by atoms with van der Waals surface area (Å²) in [6.07, 6.45) is 9.29. The molecule has 2 aromatic rings. The van der Waals surface area contributed by atoms with Gasteiger partial charge < -0.3 is 24.3 Å². The fourth-order valence-electron chi connectivity index (χ4n) is 4.33. The van der Waals surface area contributed by atoms with Crippen LogP contribution in [0.5, 0.6) is 23.0 Å². The van der Waals surface area contributed by atoms with E-state index in [-0.39, 0.29) is 18.1 Å². The first-order valence-electron chi connectivity index (χ1n) is 11.2. The summed E-state index contributed by atoms with van der Waals surface area (Å²) in [6.45, 7) is 0. The van der Waals surface area contributed by atoms with Crippen molar-refractivity contribution < 1.29 is 23.7 Å². The maximum atomic E-state index is 12.9. The maximum Gasteiger partial charge on any atom is 0.255 e. The third kappa shape index (κ3) is 5.24. The molecule has 2 saturated carbocycles. The highest BCUT2D eigenvalue weighted by Crippen LogP contribution is 2.35. The number of nitrogens with one attached hydrogen (secondary N) is 1. The number of carbonyl (C=O) groups is 1. The molecule has 2 fully saturated rings. The summed E-state index contributed by atoms with van der Waals surface area (Å²) in [4.78, 5) is 12.9. The second kappa shape index (κ2) is 9.94. The fourth-order valence-corrected chi connectivity index (χ4v) is 4.33. The summed E-state index contributed by atoms with van der Waals surface area (Å²) in [5.74, 6) is 2.37. The van der Waals surface area contributed by atoms with Crippen molar-refractivity contribution in [2.75, 3.05) is 19.5 Å². The molecular formula is C25H31NO5. The van der Waals surface area contributed by atoms with Crippen molar-refractivity contribution in [3.63, 3.8) is 0 Å². The zero-order valence-electron chi connectivity index (χ0n) is 18.3. The highest BCUT2D eigenvalue weighted by Gasteiger charge is 2.21. The van der Waals surface area contributed by atoms with Crippen LogP contribution in [-0.4, -0.2) is 32.3 Å². The van der Waals surface area contributed by atoms with Crippen LogP contribution >= 0.6 is 0 Å². The van der Waals surface area contributed by atoms with E-state index in [2.05, 4.69) is 5.32 Å². The molecule has 0 atom stereocenters. The molecule has 0 aromatic heterocycles. The second-order valence-corrected chi connectivity index (χ2v) is 8.23. The summed E-state index contributed by atoms with van der Waals surface area (Å²) >= 11 is 0. The number of rotatable bonds is 8. The molecule has 2 aliphatic carbocycles. The van der Waals surface area contributed by atoms with Gasteiger partial charge in [0, 0.05) is 17.3 Å². The number of anilines is 1. The topological polar surface area (TPSA) is 66.0 Å². The molecule has 2 aliphatic rings. The Labute approximate surface area is 183 Å². The van der Waals surface area contributed by atoms with Crippen LogP contribution in [0.2, 0.25) is 0 Å². The summed E-state index contributed by atoms with van der Waals surface area (Å²) in [5, 5.41) is 2.96. The Balaban J connectivity index is 1.49. The summed E-state index contributed by atoms with van der Waals surface area (Å²) in [6, 6.07) is 10.7. The Morgan fingerprint density at radius 3 is 1.81 bits per heavy atom. The Kier molecular flexibility index (Phi) is 6.85. The second-order valence-electron chi connectivity index (χ2n) is 8.23. The van der Waals surface area contributed by atoms with Crippen LogP contribution in [0.25, 0.3) is 0 Å². The van der Waals surface area contributed by atoms with Crippen molar-refractivity contribution >= 4 is 11.6 Å². The maximum absolute atomic E-state index is 12.9. The third-order valence-electron chi connectivity index (χ3n) is 6.04. The average molecular weight is 426 g/mol. The van der Waals surface area contributed by atoms with Gasteiger partial charge in [-0.2, -0.15) is 0 Å². The van der Waals surface area contributed by atoms with Crippen molar-refractivity contribution in [3.8, 4) is 23.0 Å². The van der Waals surface area contributed by atoms with Crippen LogP contribution in [0.3, 0.4) is 0 Å². The van der Waals surface area contributed by atoms with Gasteiger partial charge in [-0.15, -0.1) is 0 Å². The van der Waals surface area contributed by atoms with Gasteiger partial charge in [0.05, 0.1) is 26.4 Å². The first kappa shape index (κ1) is 21.3. The van der Waals surface area contributed by atoms with Gasteiger partial charge in [-0.05, 0) is 81.7 Å². The largest absolute Gasteiger partial charge is 0.493 e. The summed E-state index contributed by atoms with van der Waals surface area (Å²) in [7, 11) is 3.23. The first-order valence-corrected chi connectivity index (χ1v) is 11.2. The number of ether oxygens (including phenoxy) is 4. The van der Waals surface area contributed by atoms with E-state index >= 15 is 0 Å². The van der Waals surface area contributed by atoms with Crippen molar-refractivity contribution in [3.05, 3.63) is 42.0 Å². The molecule has 0 unspecified atom stereocenters. The zero-order valence-corrected chi connectivity index (χ0v) is 18.3. The predicted octanol–water partition coefficient (Wildman–Crippen LogP) is 5.60. The van der Waals surface area contributed by atoms with Crippen molar-refractivity contribution in [2.45, 2.75) is 63.6 Å². The van der Waals surface area contributed by atoms with Crippen molar-refractivity contribution in [1.82, 2.24) is 0 Å². The van der Waals surface area contributed by atoms with Gasteiger partial charge in [-0.3, -0.25) is 4.79 Å². The lowest BCUT2D eigenvalue weighted by Crippen LogP contribution is -2.15. The average Bonchev–Trinajstić information content (AvgIpc) is 3.48. The van der Waals surface area contributed by atoms with Crippen LogP contribution in [0.4, 0.5) is 5.69 Å². The van der Waals surface area contributed by atoms with Crippen LogP contribution in [-0.2, 0) is 0 Å². The molecule has 6 heteroatoms. The minimum atomic E-state index is -0.212. The first-order chi connectivity index (χ1) is 15.2. The van der Waals surface area contributed by atoms with Gasteiger partial charge in [-0.1, -0.05) is 0 Å². The SMILES string of the molecule is COc1ccc(NC(=O)c2ccc(OC)c(OC3CCCC3)c2)cc1OC1CCCC1. The quantitative estimate of drug-likeness (QED) is 0.596. The molecule has 4 rings (SSSR count). The monoisotopic (exact) mass is 425 g/mol. The summed E-state index contributed by atoms with van der Waals surface area (Å²) < 4.78 is 23.1. The molecule has 166 valence electrons. The number of hydrogen-bond acceptors (Lipinski definition) is 5. The van der Waals surface area contributed by atoms with Crippen molar-refractivity contribution in [1.29, 1.82) is 0 Å². The molecule has 0 aliphatic heterocycles. The molecule has 31 heavy (non-hydrogen) atoms. The van der Waals surface area contributed by atoms with E-state index in [0.717, 1.165) is 25.7 Å². The van der Waals surface area contributed by atoms with E-state index in [1.807, 2.05) is 18.2 Å². The van der Waals surface area contributed by atoms with Crippen LogP contribution < -0.4 is 24.3 Å². The highest BCUT2D eigenvalue weighted by molar-refractivity contribution is 6.04. The number of hydrogen-bond donors (Lipinski definition) is 1. The van der Waals surface area contributed by atoms with E-state index in [4.69, 9.17) is 18.9 Å². The molecule has 1 N–H and O–H groups in total. The Morgan fingerprint density at radius 1 is 0.742 bits per heavy atom. The van der Waals surface area contributed by atoms with Gasteiger partial charge >= 0.3 is 0 Å². The normalized spacial score (nSPS) is 16.8. The number of benzene rings is 2. The Morgan fingerprint density at radius 2 is 1.26 bits per heavy atom. The third-order valence-corrected chi connectivity index (χ3v) is 6.04. The van der Waals surface area contributed by atoms with Crippen LogP contribution in [0.1, 0.15) is 61.7 Å². The molecule has 0 bridgehead atoms. The van der Waals surface area contributed by atoms with E-state index in [0.29, 0.717) is 34.2 Å². The number of carbonyl (C=O) groups excluding carboxylic acids is 1. The van der Waals surface area contributed by atoms with Gasteiger partial charge in [-0.25, -0.2) is 0 Å². The predicted molar refractivity (Wildman–Crippen MR) is 120 cm³/mol. The molecule has 0 spiro atoms. The van der Waals surface area contributed by atoms with E-state index in [1.54, 1.807) is 32.4 Å². The van der Waals surface area contributed by atoms with Crippen LogP contribution in [0.15, 0.2) is 36.4 Å². The Hall–Kier alpha value is -2.89. The van der Waals surface area contributed by atoms with Gasteiger partial charge in [0.1, 0.15) is 0 Å². The van der Waals surface area contributed by atoms with E-state index < -0.39 is 0 Å². The molecule has 0 saturated heterocycles. The zero-order chi connectivity index (χ0) is 21.6. The standard InChI is InChI=1S/C25H31NO5/c1-28-21-13-11-17(15-23(21)30-19-7-3-4-8-19)25(27)26-18-12-14-22(29-2)24(16-18)31-20-9-5-6-10-20/h11-16,19-20H,3-10H2,1-2H3,(H,26,27). The fraction of sp³-hybridized carbons (Fsp3) is 0.480. The number of amides is 1. The molecule has 0 heterocycles. The lowest BCUT2D eigenvalue weighted by Gasteiger charge is -2.18. The molecule has 6 nitrogen and oxygen atoms in total. The molecular weight excluding hydrogens is 394 g/mol. The minimum Gasteiger partial charge on any atom is -0.493 e. The van der Waals surface area contributed by atoms with E-state index in [9.17, 15) is 4.79 Å². The molecule has 1 amide bonds. The Bertz CT molecular complexity index is 901. The van der Waals surface area contributed by atoms with E-state index in [1.165, 1.54) is 25.7 Å². The van der Waals surface area contributed by atoms with Crippen LogP contribution in [0, 0.1) is 0 Å². The minimum absolute atomic E-state index is 0.184. The highest BCUT2D eigenvalue weighted by atomic mass is 16.5. The molecule has 2 aromatic carbocycles. The lowest BCUT2D eigenvalue weighted by molar-refractivity contribution is 0.102.